The van der Waals surface area contributed by atoms with Crippen molar-refractivity contribution in [2.75, 3.05) is 26.2 Å². The zero-order chi connectivity index (χ0) is 27.9. The first-order valence-corrected chi connectivity index (χ1v) is 14.7. The number of alkyl halides is 3. The second-order valence-electron chi connectivity index (χ2n) is 10.5. The number of benzene rings is 3. The highest BCUT2D eigenvalue weighted by Gasteiger charge is 2.50. The minimum absolute atomic E-state index is 0.0639. The van der Waals surface area contributed by atoms with E-state index >= 15 is 0 Å². The van der Waals surface area contributed by atoms with Gasteiger partial charge in [0.2, 0.25) is 10.0 Å². The molecule has 0 bridgehead atoms. The highest BCUT2D eigenvalue weighted by atomic mass is 32.2. The summed E-state index contributed by atoms with van der Waals surface area (Å²) in [5.74, 6) is -0.142. The van der Waals surface area contributed by atoms with E-state index in [1.807, 2.05) is 30.3 Å². The third kappa shape index (κ3) is 5.13. The molecule has 2 heterocycles. The number of sulfonamides is 1. The molecule has 2 saturated heterocycles. The molecule has 2 fully saturated rings. The number of aryl methyl sites for hydroxylation is 1. The summed E-state index contributed by atoms with van der Waals surface area (Å²) in [6.07, 6.45) is -3.56. The number of nitrogens with zero attached hydrogens (tertiary/aromatic N) is 2. The Hall–Kier alpha value is -2.72. The molecule has 0 radical (unpaired) electrons. The Balaban J connectivity index is 1.46. The van der Waals surface area contributed by atoms with Crippen LogP contribution in [0.25, 0.3) is 11.1 Å². The molecule has 0 amide bonds. The molecule has 2 aliphatic rings. The summed E-state index contributed by atoms with van der Waals surface area (Å²) >= 11 is 0. The first kappa shape index (κ1) is 27.8. The van der Waals surface area contributed by atoms with Gasteiger partial charge in [-0.1, -0.05) is 54.6 Å². The van der Waals surface area contributed by atoms with E-state index in [1.165, 1.54) is 27.6 Å². The Morgan fingerprint density at radius 1 is 0.923 bits per heavy atom. The van der Waals surface area contributed by atoms with Crippen molar-refractivity contribution in [1.29, 1.82) is 0 Å². The summed E-state index contributed by atoms with van der Waals surface area (Å²) in [5, 5.41) is 10.2. The highest BCUT2D eigenvalue weighted by Crippen LogP contribution is 2.44. The molecule has 3 aromatic rings. The van der Waals surface area contributed by atoms with Crippen molar-refractivity contribution < 1.29 is 26.7 Å². The molecule has 9 heteroatoms. The van der Waals surface area contributed by atoms with Gasteiger partial charge in [0.15, 0.2) is 0 Å². The van der Waals surface area contributed by atoms with Gasteiger partial charge in [-0.15, -0.1) is 0 Å². The molecule has 1 unspecified atom stereocenters. The van der Waals surface area contributed by atoms with Crippen LogP contribution >= 0.6 is 0 Å². The highest BCUT2D eigenvalue weighted by molar-refractivity contribution is 7.89. The molecule has 0 aliphatic carbocycles. The molecule has 0 spiro atoms. The average molecular weight is 559 g/mol. The van der Waals surface area contributed by atoms with Gasteiger partial charge in [-0.2, -0.15) is 17.5 Å². The van der Waals surface area contributed by atoms with Crippen molar-refractivity contribution >= 4 is 10.0 Å². The van der Waals surface area contributed by atoms with E-state index in [0.29, 0.717) is 19.4 Å². The van der Waals surface area contributed by atoms with E-state index in [-0.39, 0.29) is 37.7 Å². The lowest BCUT2D eigenvalue weighted by atomic mass is 9.74. The molecule has 5 nitrogen and oxygen atoms in total. The standard InChI is InChI=1S/C30H33F3N2O3S/c1-20-8-7-9-24(21(20)2)22-12-14-23(15-13-22)29-26-18-34(16-5-6-17-35(26)27(29)19-36)39(37,38)28-11-4-3-10-25(28)30(31,32)33/h3-4,7-15,26-27,29,36H,5-6,16-19H2,1-2H3/t26-,27+,29?/m0/s1. The van der Waals surface area contributed by atoms with Crippen LogP contribution in [-0.2, 0) is 16.2 Å². The van der Waals surface area contributed by atoms with Gasteiger partial charge in [0.1, 0.15) is 0 Å². The number of aliphatic hydroxyl groups excluding tert-OH is 1. The summed E-state index contributed by atoms with van der Waals surface area (Å²) in [5.41, 5.74) is 4.45. The largest absolute Gasteiger partial charge is 0.417 e. The summed E-state index contributed by atoms with van der Waals surface area (Å²) in [6.45, 7) is 5.01. The van der Waals surface area contributed by atoms with Crippen molar-refractivity contribution in [1.82, 2.24) is 9.21 Å². The first-order chi connectivity index (χ1) is 18.5. The van der Waals surface area contributed by atoms with Gasteiger partial charge >= 0.3 is 6.18 Å². The number of hydrogen-bond donors (Lipinski definition) is 1. The van der Waals surface area contributed by atoms with Crippen molar-refractivity contribution in [3.8, 4) is 11.1 Å². The van der Waals surface area contributed by atoms with Gasteiger partial charge in [-0.25, -0.2) is 8.42 Å². The maximum Gasteiger partial charge on any atom is 0.417 e. The predicted molar refractivity (Wildman–Crippen MR) is 145 cm³/mol. The van der Waals surface area contributed by atoms with Crippen LogP contribution in [-0.4, -0.2) is 61.1 Å². The van der Waals surface area contributed by atoms with E-state index in [2.05, 4.69) is 30.9 Å². The van der Waals surface area contributed by atoms with Gasteiger partial charge in [0.05, 0.1) is 17.1 Å². The summed E-state index contributed by atoms with van der Waals surface area (Å²) in [6, 6.07) is 18.3. The van der Waals surface area contributed by atoms with Crippen LogP contribution in [0, 0.1) is 13.8 Å². The molecule has 3 atom stereocenters. The second kappa shape index (κ2) is 10.7. The fraction of sp³-hybridized carbons (Fsp3) is 0.400. The van der Waals surface area contributed by atoms with E-state index in [0.717, 1.165) is 28.8 Å². The molecule has 3 aromatic carbocycles. The minimum Gasteiger partial charge on any atom is -0.395 e. The molecule has 0 aromatic heterocycles. The molecule has 39 heavy (non-hydrogen) atoms. The molecule has 1 N–H and O–H groups in total. The number of fused-ring (bicyclic) bond motifs is 1. The normalized spacial score (nSPS) is 23.0. The van der Waals surface area contributed by atoms with Gasteiger partial charge in [-0.05, 0) is 73.2 Å². The number of aliphatic hydroxyl groups is 1. The van der Waals surface area contributed by atoms with Crippen LogP contribution in [0.3, 0.4) is 0 Å². The topological polar surface area (TPSA) is 60.9 Å². The lowest BCUT2D eigenvalue weighted by Crippen LogP contribution is -2.67. The second-order valence-corrected chi connectivity index (χ2v) is 12.4. The third-order valence-corrected chi connectivity index (χ3v) is 10.3. The molecule has 208 valence electrons. The van der Waals surface area contributed by atoms with Crippen LogP contribution in [0.4, 0.5) is 13.2 Å². The molecular formula is C30H33F3N2O3S. The maximum atomic E-state index is 13.7. The zero-order valence-corrected chi connectivity index (χ0v) is 22.8. The smallest absolute Gasteiger partial charge is 0.395 e. The Labute approximate surface area is 227 Å². The fourth-order valence-electron chi connectivity index (χ4n) is 6.14. The third-order valence-electron chi connectivity index (χ3n) is 8.35. The van der Waals surface area contributed by atoms with Gasteiger partial charge < -0.3 is 5.11 Å². The fourth-order valence-corrected chi connectivity index (χ4v) is 7.85. The summed E-state index contributed by atoms with van der Waals surface area (Å²) in [7, 11) is -4.40. The average Bonchev–Trinajstić information content (AvgIpc) is 2.89. The SMILES string of the molecule is Cc1cccc(-c2ccc(C3[C@@H](CO)N4CCCCN(S(=O)(=O)c5ccccc5C(F)(F)F)C[C@@H]34)cc2)c1C. The lowest BCUT2D eigenvalue weighted by Gasteiger charge is -2.57. The zero-order valence-electron chi connectivity index (χ0n) is 22.0. The van der Waals surface area contributed by atoms with E-state index in [1.54, 1.807) is 0 Å². The van der Waals surface area contributed by atoms with Crippen LogP contribution in [0.2, 0.25) is 0 Å². The maximum absolute atomic E-state index is 13.7. The Morgan fingerprint density at radius 2 is 1.62 bits per heavy atom. The van der Waals surface area contributed by atoms with E-state index < -0.39 is 26.7 Å². The first-order valence-electron chi connectivity index (χ1n) is 13.2. The van der Waals surface area contributed by atoms with Crippen LogP contribution < -0.4 is 0 Å². The van der Waals surface area contributed by atoms with E-state index in [9.17, 15) is 26.7 Å². The van der Waals surface area contributed by atoms with Crippen molar-refractivity contribution in [2.45, 2.75) is 55.8 Å². The van der Waals surface area contributed by atoms with E-state index in [4.69, 9.17) is 0 Å². The van der Waals surface area contributed by atoms with Gasteiger partial charge in [-0.3, -0.25) is 4.90 Å². The summed E-state index contributed by atoms with van der Waals surface area (Å²) in [4.78, 5) is 1.40. The van der Waals surface area contributed by atoms with Crippen LogP contribution in [0.15, 0.2) is 71.6 Å². The molecule has 2 aliphatic heterocycles. The van der Waals surface area contributed by atoms with Crippen molar-refractivity contribution in [2.24, 2.45) is 0 Å². The minimum atomic E-state index is -4.78. The van der Waals surface area contributed by atoms with Crippen molar-refractivity contribution in [3.63, 3.8) is 0 Å². The monoisotopic (exact) mass is 558 g/mol. The van der Waals surface area contributed by atoms with Gasteiger partial charge in [0, 0.05) is 31.1 Å². The van der Waals surface area contributed by atoms with Crippen LogP contribution in [0.1, 0.15) is 41.0 Å². The number of halogens is 3. The molecule has 0 saturated carbocycles. The number of hydrogen-bond acceptors (Lipinski definition) is 4. The quantitative estimate of drug-likeness (QED) is 0.443. The molecule has 5 rings (SSSR count). The molecular weight excluding hydrogens is 525 g/mol. The Bertz CT molecular complexity index is 1440. The van der Waals surface area contributed by atoms with Crippen molar-refractivity contribution in [3.05, 3.63) is 89.0 Å². The number of rotatable bonds is 5. The van der Waals surface area contributed by atoms with Gasteiger partial charge in [0.25, 0.3) is 0 Å². The van der Waals surface area contributed by atoms with Crippen LogP contribution in [0.5, 0.6) is 0 Å². The summed E-state index contributed by atoms with van der Waals surface area (Å²) < 4.78 is 69.5. The lowest BCUT2D eigenvalue weighted by molar-refractivity contribution is -0.139. The predicted octanol–water partition coefficient (Wildman–Crippen LogP) is 5.60. The Morgan fingerprint density at radius 3 is 2.31 bits per heavy atom. The Kier molecular flexibility index (Phi) is 7.63.